The Balaban J connectivity index is 1.87. The molecule has 0 bridgehead atoms. The molecule has 2 rings (SSSR count). The fourth-order valence-corrected chi connectivity index (χ4v) is 1.53. The van der Waals surface area contributed by atoms with Crippen LogP contribution in [0.25, 0.3) is 0 Å². The second-order valence-electron chi connectivity index (χ2n) is 3.13. The van der Waals surface area contributed by atoms with E-state index >= 15 is 0 Å². The van der Waals surface area contributed by atoms with Crippen molar-refractivity contribution in [2.45, 2.75) is 13.3 Å². The van der Waals surface area contributed by atoms with Crippen LogP contribution in [0.1, 0.15) is 11.7 Å². The fourth-order valence-electron chi connectivity index (χ4n) is 1.17. The number of aromatic nitrogens is 4. The summed E-state index contributed by atoms with van der Waals surface area (Å²) >= 11 is 3.35. The van der Waals surface area contributed by atoms with E-state index in [9.17, 15) is 0 Å². The Morgan fingerprint density at radius 3 is 3.06 bits per heavy atom. The molecule has 0 aliphatic carbocycles. The number of rotatable bonds is 4. The minimum absolute atomic E-state index is 0.621. The van der Waals surface area contributed by atoms with Crippen molar-refractivity contribution in [2.75, 3.05) is 11.9 Å². The Hall–Kier alpha value is -1.50. The molecule has 0 aromatic carbocycles. The van der Waals surface area contributed by atoms with Crippen LogP contribution >= 0.6 is 15.9 Å². The van der Waals surface area contributed by atoms with Crippen LogP contribution in [0, 0.1) is 6.92 Å². The summed E-state index contributed by atoms with van der Waals surface area (Å²) < 4.78 is 5.82. The molecule has 0 fully saturated rings. The number of halogens is 1. The maximum Gasteiger partial charge on any atom is 0.228 e. The van der Waals surface area contributed by atoms with Crippen molar-refractivity contribution in [3.63, 3.8) is 0 Å². The number of nitrogens with one attached hydrogen (secondary N) is 1. The SMILES string of the molecule is Cc1noc(CCNc2ncncc2Br)n1. The molecule has 2 heterocycles. The normalized spacial score (nSPS) is 10.4. The van der Waals surface area contributed by atoms with Crippen molar-refractivity contribution < 1.29 is 4.52 Å². The molecule has 0 saturated heterocycles. The lowest BCUT2D eigenvalue weighted by Gasteiger charge is -2.04. The maximum absolute atomic E-state index is 4.99. The molecule has 7 heteroatoms. The van der Waals surface area contributed by atoms with E-state index in [-0.39, 0.29) is 0 Å². The first-order valence-electron chi connectivity index (χ1n) is 4.74. The Bertz CT molecular complexity index is 472. The minimum Gasteiger partial charge on any atom is -0.369 e. The summed E-state index contributed by atoms with van der Waals surface area (Å²) in [6.45, 7) is 2.47. The van der Waals surface area contributed by atoms with Crippen LogP contribution in [0.2, 0.25) is 0 Å². The minimum atomic E-state index is 0.621. The average molecular weight is 284 g/mol. The van der Waals surface area contributed by atoms with Gasteiger partial charge in [0, 0.05) is 19.2 Å². The molecule has 0 amide bonds. The Kier molecular flexibility index (Phi) is 3.45. The van der Waals surface area contributed by atoms with Crippen molar-refractivity contribution in [3.8, 4) is 0 Å². The Morgan fingerprint density at radius 2 is 2.38 bits per heavy atom. The fraction of sp³-hybridized carbons (Fsp3) is 0.333. The van der Waals surface area contributed by atoms with E-state index in [1.807, 2.05) is 0 Å². The number of anilines is 1. The van der Waals surface area contributed by atoms with Crippen LogP contribution in [0.5, 0.6) is 0 Å². The second-order valence-corrected chi connectivity index (χ2v) is 3.99. The lowest BCUT2D eigenvalue weighted by Crippen LogP contribution is -2.07. The van der Waals surface area contributed by atoms with Gasteiger partial charge in [0.2, 0.25) is 5.89 Å². The summed E-state index contributed by atoms with van der Waals surface area (Å²) in [7, 11) is 0. The van der Waals surface area contributed by atoms with Crippen LogP contribution in [0.3, 0.4) is 0 Å². The zero-order valence-corrected chi connectivity index (χ0v) is 10.2. The molecule has 0 saturated carbocycles. The topological polar surface area (TPSA) is 76.7 Å². The molecular weight excluding hydrogens is 274 g/mol. The van der Waals surface area contributed by atoms with E-state index in [0.29, 0.717) is 24.7 Å². The van der Waals surface area contributed by atoms with Crippen LogP contribution in [-0.4, -0.2) is 26.7 Å². The average Bonchev–Trinajstić information content (AvgIpc) is 2.67. The molecule has 16 heavy (non-hydrogen) atoms. The second kappa shape index (κ2) is 5.02. The van der Waals surface area contributed by atoms with E-state index in [0.717, 1.165) is 10.3 Å². The molecule has 2 aromatic heterocycles. The van der Waals surface area contributed by atoms with Crippen LogP contribution in [0.15, 0.2) is 21.5 Å². The van der Waals surface area contributed by atoms with Gasteiger partial charge >= 0.3 is 0 Å². The summed E-state index contributed by atoms with van der Waals surface area (Å²) in [4.78, 5) is 12.1. The molecule has 0 aliphatic rings. The third kappa shape index (κ3) is 2.75. The highest BCUT2D eigenvalue weighted by Crippen LogP contribution is 2.16. The molecule has 6 nitrogen and oxygen atoms in total. The highest BCUT2D eigenvalue weighted by Gasteiger charge is 2.03. The van der Waals surface area contributed by atoms with Gasteiger partial charge in [-0.25, -0.2) is 9.97 Å². The molecule has 0 atom stereocenters. The van der Waals surface area contributed by atoms with Crippen LogP contribution in [0.4, 0.5) is 5.82 Å². The monoisotopic (exact) mass is 283 g/mol. The number of hydrogen-bond acceptors (Lipinski definition) is 6. The third-order valence-electron chi connectivity index (χ3n) is 1.87. The first-order valence-corrected chi connectivity index (χ1v) is 5.53. The zero-order chi connectivity index (χ0) is 11.4. The highest BCUT2D eigenvalue weighted by molar-refractivity contribution is 9.10. The van der Waals surface area contributed by atoms with Gasteiger partial charge in [-0.2, -0.15) is 4.98 Å². The summed E-state index contributed by atoms with van der Waals surface area (Å²) in [5.74, 6) is 2.03. The summed E-state index contributed by atoms with van der Waals surface area (Å²) in [6, 6.07) is 0. The molecule has 1 N–H and O–H groups in total. The van der Waals surface area contributed by atoms with Crippen molar-refractivity contribution >= 4 is 21.7 Å². The standard InChI is InChI=1S/C9H10BrN5O/c1-6-14-8(16-15-6)2-3-12-9-7(10)4-11-5-13-9/h4-5H,2-3H2,1H3,(H,11,12,13). The summed E-state index contributed by atoms with van der Waals surface area (Å²) in [6.07, 6.45) is 3.84. The van der Waals surface area contributed by atoms with Gasteiger partial charge in [-0.05, 0) is 22.9 Å². The van der Waals surface area contributed by atoms with E-state index in [4.69, 9.17) is 4.52 Å². The first-order chi connectivity index (χ1) is 7.75. The van der Waals surface area contributed by atoms with E-state index in [1.54, 1.807) is 13.1 Å². The number of hydrogen-bond donors (Lipinski definition) is 1. The van der Waals surface area contributed by atoms with E-state index < -0.39 is 0 Å². The molecule has 84 valence electrons. The molecular formula is C9H10BrN5O. The van der Waals surface area contributed by atoms with Gasteiger partial charge in [0.25, 0.3) is 0 Å². The third-order valence-corrected chi connectivity index (χ3v) is 2.45. The van der Waals surface area contributed by atoms with E-state index in [1.165, 1.54) is 6.33 Å². The molecule has 0 aliphatic heterocycles. The number of nitrogens with zero attached hydrogens (tertiary/aromatic N) is 4. The highest BCUT2D eigenvalue weighted by atomic mass is 79.9. The van der Waals surface area contributed by atoms with Gasteiger partial charge in [-0.1, -0.05) is 5.16 Å². The largest absolute Gasteiger partial charge is 0.369 e. The first kappa shape index (κ1) is 11.0. The predicted molar refractivity (Wildman–Crippen MR) is 61.0 cm³/mol. The smallest absolute Gasteiger partial charge is 0.228 e. The molecule has 0 radical (unpaired) electrons. The molecule has 0 spiro atoms. The summed E-state index contributed by atoms with van der Waals surface area (Å²) in [5.41, 5.74) is 0. The van der Waals surface area contributed by atoms with Crippen molar-refractivity contribution in [1.82, 2.24) is 20.1 Å². The predicted octanol–water partition coefficient (Wildman–Crippen LogP) is 1.59. The van der Waals surface area contributed by atoms with Crippen LogP contribution in [-0.2, 0) is 6.42 Å². The van der Waals surface area contributed by atoms with Crippen molar-refractivity contribution in [3.05, 3.63) is 28.7 Å². The van der Waals surface area contributed by atoms with Gasteiger partial charge in [0.05, 0.1) is 4.47 Å². The molecule has 0 unspecified atom stereocenters. The Labute approximate surface area is 101 Å². The molecule has 2 aromatic rings. The van der Waals surface area contributed by atoms with Crippen molar-refractivity contribution in [2.24, 2.45) is 0 Å². The van der Waals surface area contributed by atoms with Gasteiger partial charge in [0.1, 0.15) is 12.1 Å². The van der Waals surface area contributed by atoms with Crippen molar-refractivity contribution in [1.29, 1.82) is 0 Å². The maximum atomic E-state index is 4.99. The lowest BCUT2D eigenvalue weighted by atomic mass is 10.4. The summed E-state index contributed by atoms with van der Waals surface area (Å²) in [5, 5.41) is 6.86. The zero-order valence-electron chi connectivity index (χ0n) is 8.64. The van der Waals surface area contributed by atoms with Gasteiger partial charge in [-0.3, -0.25) is 0 Å². The quantitative estimate of drug-likeness (QED) is 0.918. The lowest BCUT2D eigenvalue weighted by molar-refractivity contribution is 0.377. The Morgan fingerprint density at radius 1 is 1.50 bits per heavy atom. The van der Waals surface area contributed by atoms with E-state index in [2.05, 4.69) is 41.4 Å². The van der Waals surface area contributed by atoms with Crippen LogP contribution < -0.4 is 5.32 Å². The van der Waals surface area contributed by atoms with Gasteiger partial charge < -0.3 is 9.84 Å². The van der Waals surface area contributed by atoms with Gasteiger partial charge in [0.15, 0.2) is 5.82 Å². The van der Waals surface area contributed by atoms with Gasteiger partial charge in [-0.15, -0.1) is 0 Å². The number of aryl methyl sites for hydroxylation is 1.